The lowest BCUT2D eigenvalue weighted by Crippen LogP contribution is -1.99. The Kier molecular flexibility index (Phi) is 2.37. The van der Waals surface area contributed by atoms with Gasteiger partial charge < -0.3 is 0 Å². The highest BCUT2D eigenvalue weighted by Gasteiger charge is 2.11. The predicted octanol–water partition coefficient (Wildman–Crippen LogP) is 3.10. The standard InChI is InChI=1S/C13H13N/c1-2-10-6-7-11-4-3-5-12(9-14)13(11)8-10/h5-8H,2-4H2,1H3. The molecule has 1 heteroatoms. The zero-order valence-corrected chi connectivity index (χ0v) is 8.38. The summed E-state index contributed by atoms with van der Waals surface area (Å²) in [6.07, 6.45) is 5.15. The van der Waals surface area contributed by atoms with Gasteiger partial charge in [0, 0.05) is 0 Å². The van der Waals surface area contributed by atoms with E-state index in [0.29, 0.717) is 0 Å². The molecule has 0 saturated heterocycles. The Morgan fingerprint density at radius 1 is 1.43 bits per heavy atom. The summed E-state index contributed by atoms with van der Waals surface area (Å²) in [7, 11) is 0. The van der Waals surface area contributed by atoms with Gasteiger partial charge in [-0.1, -0.05) is 31.2 Å². The maximum Gasteiger partial charge on any atom is 0.0994 e. The summed E-state index contributed by atoms with van der Waals surface area (Å²) in [6, 6.07) is 8.76. The fraction of sp³-hybridized carbons (Fsp3) is 0.308. The van der Waals surface area contributed by atoms with E-state index < -0.39 is 0 Å². The van der Waals surface area contributed by atoms with Crippen molar-refractivity contribution in [3.05, 3.63) is 41.0 Å². The van der Waals surface area contributed by atoms with E-state index in [9.17, 15) is 0 Å². The fourth-order valence-corrected chi connectivity index (χ4v) is 1.90. The minimum absolute atomic E-state index is 0.849. The highest BCUT2D eigenvalue weighted by molar-refractivity contribution is 5.80. The molecule has 0 spiro atoms. The summed E-state index contributed by atoms with van der Waals surface area (Å²) >= 11 is 0. The molecule has 14 heavy (non-hydrogen) atoms. The largest absolute Gasteiger partial charge is 0.192 e. The molecule has 0 amide bonds. The molecule has 0 saturated carbocycles. The van der Waals surface area contributed by atoms with Crippen LogP contribution in [0.15, 0.2) is 24.3 Å². The molecule has 70 valence electrons. The molecule has 1 nitrogen and oxygen atoms in total. The number of nitrogens with zero attached hydrogens (tertiary/aromatic N) is 1. The van der Waals surface area contributed by atoms with E-state index in [1.54, 1.807) is 0 Å². The average Bonchev–Trinajstić information content (AvgIpc) is 2.27. The maximum absolute atomic E-state index is 8.98. The molecule has 0 aliphatic heterocycles. The minimum Gasteiger partial charge on any atom is -0.192 e. The number of hydrogen-bond acceptors (Lipinski definition) is 1. The van der Waals surface area contributed by atoms with Crippen molar-refractivity contribution < 1.29 is 0 Å². The Balaban J connectivity index is 2.53. The molecule has 1 aromatic carbocycles. The Hall–Kier alpha value is -1.55. The van der Waals surface area contributed by atoms with Crippen LogP contribution in [0.2, 0.25) is 0 Å². The molecular weight excluding hydrogens is 170 g/mol. The zero-order valence-electron chi connectivity index (χ0n) is 8.38. The van der Waals surface area contributed by atoms with Gasteiger partial charge in [-0.05, 0) is 36.0 Å². The number of benzene rings is 1. The molecule has 0 heterocycles. The lowest BCUT2D eigenvalue weighted by Gasteiger charge is -2.14. The third-order valence-corrected chi connectivity index (χ3v) is 2.76. The quantitative estimate of drug-likeness (QED) is 0.656. The number of nitriles is 1. The second kappa shape index (κ2) is 3.67. The van der Waals surface area contributed by atoms with Gasteiger partial charge in [-0.25, -0.2) is 0 Å². The third kappa shape index (κ3) is 1.44. The van der Waals surface area contributed by atoms with Crippen LogP contribution in [0.3, 0.4) is 0 Å². The second-order valence-electron chi connectivity index (χ2n) is 3.61. The Morgan fingerprint density at radius 2 is 2.29 bits per heavy atom. The van der Waals surface area contributed by atoms with Crippen molar-refractivity contribution in [2.24, 2.45) is 0 Å². The monoisotopic (exact) mass is 183 g/mol. The van der Waals surface area contributed by atoms with Crippen molar-refractivity contribution in [1.82, 2.24) is 0 Å². The van der Waals surface area contributed by atoms with Crippen LogP contribution in [0, 0.1) is 11.3 Å². The maximum atomic E-state index is 8.98. The Morgan fingerprint density at radius 3 is 3.00 bits per heavy atom. The van der Waals surface area contributed by atoms with Crippen molar-refractivity contribution in [3.8, 4) is 6.07 Å². The van der Waals surface area contributed by atoms with Gasteiger partial charge in [0.1, 0.15) is 0 Å². The summed E-state index contributed by atoms with van der Waals surface area (Å²) in [4.78, 5) is 0. The van der Waals surface area contributed by atoms with Crippen molar-refractivity contribution >= 4 is 5.57 Å². The highest BCUT2D eigenvalue weighted by atomic mass is 14.3. The summed E-state index contributed by atoms with van der Waals surface area (Å²) < 4.78 is 0. The molecule has 1 aromatic rings. The van der Waals surface area contributed by atoms with E-state index in [2.05, 4.69) is 31.2 Å². The van der Waals surface area contributed by atoms with Gasteiger partial charge in [-0.3, -0.25) is 0 Å². The van der Waals surface area contributed by atoms with Crippen LogP contribution in [-0.4, -0.2) is 0 Å². The van der Waals surface area contributed by atoms with E-state index in [1.807, 2.05) is 6.08 Å². The molecule has 0 radical (unpaired) electrons. The first-order valence-corrected chi connectivity index (χ1v) is 5.07. The summed E-state index contributed by atoms with van der Waals surface area (Å²) in [5.41, 5.74) is 4.63. The number of allylic oxidation sites excluding steroid dienone is 2. The van der Waals surface area contributed by atoms with Gasteiger partial charge in [0.25, 0.3) is 0 Å². The molecular formula is C13H13N. The number of rotatable bonds is 1. The number of hydrogen-bond donors (Lipinski definition) is 0. The number of aryl methyl sites for hydroxylation is 2. The van der Waals surface area contributed by atoms with Crippen LogP contribution in [0.1, 0.15) is 30.0 Å². The lowest BCUT2D eigenvalue weighted by atomic mass is 9.90. The topological polar surface area (TPSA) is 23.8 Å². The van der Waals surface area contributed by atoms with Crippen molar-refractivity contribution in [3.63, 3.8) is 0 Å². The normalized spacial score (nSPS) is 14.1. The minimum atomic E-state index is 0.849. The predicted molar refractivity (Wildman–Crippen MR) is 57.7 cm³/mol. The summed E-state index contributed by atoms with van der Waals surface area (Å²) in [6.45, 7) is 2.14. The van der Waals surface area contributed by atoms with Crippen molar-refractivity contribution in [2.75, 3.05) is 0 Å². The van der Waals surface area contributed by atoms with Crippen LogP contribution in [-0.2, 0) is 12.8 Å². The van der Waals surface area contributed by atoms with Gasteiger partial charge in [0.05, 0.1) is 11.6 Å². The molecule has 0 fully saturated rings. The molecule has 0 unspecified atom stereocenters. The van der Waals surface area contributed by atoms with Gasteiger partial charge in [0.15, 0.2) is 0 Å². The smallest absolute Gasteiger partial charge is 0.0994 e. The van der Waals surface area contributed by atoms with E-state index in [4.69, 9.17) is 5.26 Å². The van der Waals surface area contributed by atoms with Crippen LogP contribution in [0.4, 0.5) is 0 Å². The van der Waals surface area contributed by atoms with E-state index in [-0.39, 0.29) is 0 Å². The number of fused-ring (bicyclic) bond motifs is 1. The molecule has 0 N–H and O–H groups in total. The SMILES string of the molecule is CCc1ccc2c(c1)C(C#N)=CCC2. The zero-order chi connectivity index (χ0) is 9.97. The molecule has 2 rings (SSSR count). The van der Waals surface area contributed by atoms with E-state index in [0.717, 1.165) is 30.4 Å². The molecule has 0 aromatic heterocycles. The third-order valence-electron chi connectivity index (χ3n) is 2.76. The molecule has 0 atom stereocenters. The Bertz CT molecular complexity index is 421. The van der Waals surface area contributed by atoms with Gasteiger partial charge >= 0.3 is 0 Å². The van der Waals surface area contributed by atoms with Gasteiger partial charge in [-0.15, -0.1) is 0 Å². The van der Waals surface area contributed by atoms with Gasteiger partial charge in [-0.2, -0.15) is 5.26 Å². The van der Waals surface area contributed by atoms with Crippen molar-refractivity contribution in [1.29, 1.82) is 5.26 Å². The first-order chi connectivity index (χ1) is 6.85. The van der Waals surface area contributed by atoms with Crippen LogP contribution in [0.5, 0.6) is 0 Å². The van der Waals surface area contributed by atoms with Crippen LogP contribution in [0.25, 0.3) is 5.57 Å². The molecule has 1 aliphatic carbocycles. The highest BCUT2D eigenvalue weighted by Crippen LogP contribution is 2.26. The summed E-state index contributed by atoms with van der Waals surface area (Å²) in [5.74, 6) is 0. The first kappa shape index (κ1) is 9.02. The first-order valence-electron chi connectivity index (χ1n) is 5.07. The fourth-order valence-electron chi connectivity index (χ4n) is 1.90. The lowest BCUT2D eigenvalue weighted by molar-refractivity contribution is 0.973. The van der Waals surface area contributed by atoms with Crippen LogP contribution < -0.4 is 0 Å². The van der Waals surface area contributed by atoms with Crippen LogP contribution >= 0.6 is 0 Å². The molecule has 0 bridgehead atoms. The second-order valence-corrected chi connectivity index (χ2v) is 3.61. The Labute approximate surface area is 84.7 Å². The molecule has 1 aliphatic rings. The van der Waals surface area contributed by atoms with E-state index in [1.165, 1.54) is 11.1 Å². The van der Waals surface area contributed by atoms with Crippen molar-refractivity contribution in [2.45, 2.75) is 26.2 Å². The summed E-state index contributed by atoms with van der Waals surface area (Å²) in [5, 5.41) is 8.98. The average molecular weight is 183 g/mol. The van der Waals surface area contributed by atoms with Gasteiger partial charge in [0.2, 0.25) is 0 Å². The van der Waals surface area contributed by atoms with E-state index >= 15 is 0 Å².